The van der Waals surface area contributed by atoms with Crippen molar-refractivity contribution in [3.63, 3.8) is 0 Å². The molecule has 0 saturated heterocycles. The van der Waals surface area contributed by atoms with Crippen molar-refractivity contribution in [3.8, 4) is 0 Å². The lowest BCUT2D eigenvalue weighted by Crippen LogP contribution is -2.31. The summed E-state index contributed by atoms with van der Waals surface area (Å²) in [7, 11) is 0. The van der Waals surface area contributed by atoms with Gasteiger partial charge in [0, 0.05) is 13.0 Å². The smallest absolute Gasteiger partial charge is 0.217 e. The lowest BCUT2D eigenvalue weighted by Gasteiger charge is -2.17. The topological polar surface area (TPSA) is 49.3 Å². The summed E-state index contributed by atoms with van der Waals surface area (Å²) >= 11 is 0. The number of benzene rings is 1. The highest BCUT2D eigenvalue weighted by Gasteiger charge is 2.12. The van der Waals surface area contributed by atoms with E-state index >= 15 is 0 Å². The maximum absolute atomic E-state index is 10.8. The Labute approximate surface area is 90.1 Å². The number of hydrogen-bond donors (Lipinski definition) is 2. The molecule has 15 heavy (non-hydrogen) atoms. The molecule has 0 saturated carbocycles. The third-order valence-corrected chi connectivity index (χ3v) is 2.21. The van der Waals surface area contributed by atoms with Gasteiger partial charge in [0.25, 0.3) is 0 Å². The maximum Gasteiger partial charge on any atom is 0.217 e. The molecule has 3 heteroatoms. The zero-order chi connectivity index (χ0) is 11.3. The molecule has 2 unspecified atom stereocenters. The van der Waals surface area contributed by atoms with Crippen LogP contribution < -0.4 is 5.32 Å². The number of hydrogen-bond acceptors (Lipinski definition) is 2. The van der Waals surface area contributed by atoms with Crippen LogP contribution in [0.2, 0.25) is 0 Å². The van der Waals surface area contributed by atoms with Gasteiger partial charge >= 0.3 is 0 Å². The first-order valence-corrected chi connectivity index (χ1v) is 5.09. The van der Waals surface area contributed by atoms with E-state index < -0.39 is 6.10 Å². The summed E-state index contributed by atoms with van der Waals surface area (Å²) in [5.74, 6) is -0.0669. The molecule has 0 radical (unpaired) electrons. The van der Waals surface area contributed by atoms with Crippen molar-refractivity contribution in [2.75, 3.05) is 0 Å². The zero-order valence-electron chi connectivity index (χ0n) is 9.10. The molecule has 0 aromatic heterocycles. The molecule has 1 amide bonds. The molecule has 2 N–H and O–H groups in total. The SMILES string of the molecule is CC(=O)NC(C)CC(O)c1ccccc1. The fourth-order valence-electron chi connectivity index (χ4n) is 1.55. The molecule has 0 fully saturated rings. The first kappa shape index (κ1) is 11.7. The molecule has 2 atom stereocenters. The number of nitrogens with one attached hydrogen (secondary N) is 1. The minimum absolute atomic E-state index is 0.0160. The average molecular weight is 207 g/mol. The number of aliphatic hydroxyl groups excluding tert-OH is 1. The Kier molecular flexibility index (Phi) is 4.31. The third-order valence-electron chi connectivity index (χ3n) is 2.21. The fourth-order valence-corrected chi connectivity index (χ4v) is 1.55. The van der Waals surface area contributed by atoms with Gasteiger partial charge in [0.2, 0.25) is 5.91 Å². The summed E-state index contributed by atoms with van der Waals surface area (Å²) in [6.45, 7) is 3.36. The summed E-state index contributed by atoms with van der Waals surface area (Å²) in [5.41, 5.74) is 0.884. The second-order valence-electron chi connectivity index (χ2n) is 3.76. The molecule has 1 aromatic rings. The van der Waals surface area contributed by atoms with E-state index in [0.29, 0.717) is 6.42 Å². The van der Waals surface area contributed by atoms with E-state index in [-0.39, 0.29) is 11.9 Å². The molecule has 0 spiro atoms. The summed E-state index contributed by atoms with van der Waals surface area (Å²) < 4.78 is 0. The minimum Gasteiger partial charge on any atom is -0.388 e. The van der Waals surface area contributed by atoms with Gasteiger partial charge in [-0.15, -0.1) is 0 Å². The zero-order valence-corrected chi connectivity index (χ0v) is 9.10. The van der Waals surface area contributed by atoms with Gasteiger partial charge in [0.15, 0.2) is 0 Å². The third kappa shape index (κ3) is 4.13. The molecular weight excluding hydrogens is 190 g/mol. The predicted octanol–water partition coefficient (Wildman–Crippen LogP) is 1.63. The molecule has 0 bridgehead atoms. The van der Waals surface area contributed by atoms with Crippen molar-refractivity contribution in [2.45, 2.75) is 32.4 Å². The second kappa shape index (κ2) is 5.51. The van der Waals surface area contributed by atoms with Gasteiger partial charge in [0.1, 0.15) is 0 Å². The first-order valence-electron chi connectivity index (χ1n) is 5.09. The summed E-state index contributed by atoms with van der Waals surface area (Å²) in [6.07, 6.45) is 0.0110. The first-order chi connectivity index (χ1) is 7.09. The second-order valence-corrected chi connectivity index (χ2v) is 3.76. The number of carbonyl (C=O) groups is 1. The Balaban J connectivity index is 2.49. The van der Waals surface area contributed by atoms with Crippen LogP contribution >= 0.6 is 0 Å². The van der Waals surface area contributed by atoms with Gasteiger partial charge in [-0.25, -0.2) is 0 Å². The Bertz CT molecular complexity index is 311. The maximum atomic E-state index is 10.8. The Morgan fingerprint density at radius 3 is 2.53 bits per heavy atom. The van der Waals surface area contributed by atoms with E-state index in [2.05, 4.69) is 5.32 Å². The predicted molar refractivity (Wildman–Crippen MR) is 59.3 cm³/mol. The monoisotopic (exact) mass is 207 g/mol. The largest absolute Gasteiger partial charge is 0.388 e. The Morgan fingerprint density at radius 1 is 1.40 bits per heavy atom. The van der Waals surface area contributed by atoms with Gasteiger partial charge in [-0.2, -0.15) is 0 Å². The van der Waals surface area contributed by atoms with E-state index in [0.717, 1.165) is 5.56 Å². The van der Waals surface area contributed by atoms with Gasteiger partial charge in [0.05, 0.1) is 6.10 Å². The highest BCUT2D eigenvalue weighted by atomic mass is 16.3. The molecule has 82 valence electrons. The van der Waals surface area contributed by atoms with Gasteiger partial charge in [-0.3, -0.25) is 4.79 Å². The number of carbonyl (C=O) groups excluding carboxylic acids is 1. The van der Waals surface area contributed by atoms with E-state index in [1.165, 1.54) is 6.92 Å². The van der Waals surface area contributed by atoms with Crippen LogP contribution in [0.5, 0.6) is 0 Å². The standard InChI is InChI=1S/C12H17NO2/c1-9(13-10(2)14)8-12(15)11-6-4-3-5-7-11/h3-7,9,12,15H,8H2,1-2H3,(H,13,14). The molecule has 0 aliphatic rings. The number of aliphatic hydroxyl groups is 1. The Hall–Kier alpha value is -1.35. The van der Waals surface area contributed by atoms with Crippen molar-refractivity contribution in [1.29, 1.82) is 0 Å². The number of rotatable bonds is 4. The Morgan fingerprint density at radius 2 is 2.00 bits per heavy atom. The average Bonchev–Trinajstić information content (AvgIpc) is 2.17. The van der Waals surface area contributed by atoms with E-state index in [1.54, 1.807) is 0 Å². The summed E-state index contributed by atoms with van der Waals surface area (Å²) in [4.78, 5) is 10.8. The van der Waals surface area contributed by atoms with Crippen molar-refractivity contribution in [3.05, 3.63) is 35.9 Å². The summed E-state index contributed by atoms with van der Waals surface area (Å²) in [6, 6.07) is 9.44. The van der Waals surface area contributed by atoms with Crippen LogP contribution in [0.3, 0.4) is 0 Å². The molecule has 0 aliphatic heterocycles. The molecule has 3 nitrogen and oxygen atoms in total. The van der Waals surface area contributed by atoms with Crippen LogP contribution in [-0.4, -0.2) is 17.1 Å². The van der Waals surface area contributed by atoms with Crippen LogP contribution in [0.25, 0.3) is 0 Å². The van der Waals surface area contributed by atoms with E-state index in [4.69, 9.17) is 0 Å². The van der Waals surface area contributed by atoms with Crippen LogP contribution in [0.15, 0.2) is 30.3 Å². The summed E-state index contributed by atoms with van der Waals surface area (Å²) in [5, 5.41) is 12.6. The highest BCUT2D eigenvalue weighted by Crippen LogP contribution is 2.17. The van der Waals surface area contributed by atoms with Crippen molar-refractivity contribution in [1.82, 2.24) is 5.32 Å². The molecular formula is C12H17NO2. The molecule has 0 aliphatic carbocycles. The van der Waals surface area contributed by atoms with Crippen LogP contribution in [0, 0.1) is 0 Å². The van der Waals surface area contributed by atoms with Gasteiger partial charge < -0.3 is 10.4 Å². The molecule has 0 heterocycles. The van der Waals surface area contributed by atoms with Crippen molar-refractivity contribution >= 4 is 5.91 Å². The van der Waals surface area contributed by atoms with Crippen LogP contribution in [-0.2, 0) is 4.79 Å². The van der Waals surface area contributed by atoms with Crippen LogP contribution in [0.1, 0.15) is 31.9 Å². The fraction of sp³-hybridized carbons (Fsp3) is 0.417. The lowest BCUT2D eigenvalue weighted by atomic mass is 10.0. The molecule has 1 aromatic carbocycles. The number of amides is 1. The minimum atomic E-state index is -0.520. The van der Waals surface area contributed by atoms with E-state index in [9.17, 15) is 9.90 Å². The highest BCUT2D eigenvalue weighted by molar-refractivity contribution is 5.73. The van der Waals surface area contributed by atoms with Gasteiger partial charge in [-0.05, 0) is 18.9 Å². The molecule has 1 rings (SSSR count). The normalized spacial score (nSPS) is 14.3. The van der Waals surface area contributed by atoms with Crippen LogP contribution in [0.4, 0.5) is 0 Å². The van der Waals surface area contributed by atoms with E-state index in [1.807, 2.05) is 37.3 Å². The quantitative estimate of drug-likeness (QED) is 0.788. The lowest BCUT2D eigenvalue weighted by molar-refractivity contribution is -0.119. The van der Waals surface area contributed by atoms with Crippen molar-refractivity contribution in [2.24, 2.45) is 0 Å². The van der Waals surface area contributed by atoms with Crippen molar-refractivity contribution < 1.29 is 9.90 Å². The van der Waals surface area contributed by atoms with Gasteiger partial charge in [-0.1, -0.05) is 30.3 Å².